The van der Waals surface area contributed by atoms with E-state index in [9.17, 15) is 19.5 Å². The number of carbonyl (C=O) groups excluding carboxylic acids is 2. The first kappa shape index (κ1) is 19.8. The second-order valence-corrected chi connectivity index (χ2v) is 5.55. The molecule has 1 rings (SSSR count). The maximum absolute atomic E-state index is 11.7. The Balaban J connectivity index is 2.59. The van der Waals surface area contributed by atoms with Gasteiger partial charge in [0, 0.05) is 17.4 Å². The standard InChI is InChI=1S/C16H20ClNO6/c1-3-4-13(19)23-9-24-16(22)18-14(15(20)21)10(2)11-5-7-12(17)8-6-11/h5-8,10,14H,3-4,9H2,1-2H3,(H,18,22)(H,20,21)/t10-,14?/m1/s1. The summed E-state index contributed by atoms with van der Waals surface area (Å²) in [7, 11) is 0. The van der Waals surface area contributed by atoms with Gasteiger partial charge in [0.25, 0.3) is 0 Å². The fraction of sp³-hybridized carbons (Fsp3) is 0.438. The van der Waals surface area contributed by atoms with Crippen molar-refractivity contribution in [3.8, 4) is 0 Å². The van der Waals surface area contributed by atoms with Gasteiger partial charge in [-0.25, -0.2) is 9.59 Å². The fourth-order valence-corrected chi connectivity index (χ4v) is 2.08. The monoisotopic (exact) mass is 357 g/mol. The highest BCUT2D eigenvalue weighted by Crippen LogP contribution is 2.21. The Kier molecular flexibility index (Phi) is 8.05. The Morgan fingerprint density at radius 3 is 2.38 bits per heavy atom. The molecule has 8 heteroatoms. The Labute approximate surface area is 144 Å². The number of carboxylic acid groups (broad SMARTS) is 1. The number of nitrogens with one attached hydrogen (secondary N) is 1. The molecule has 0 aliphatic rings. The first-order valence-corrected chi connectivity index (χ1v) is 7.80. The summed E-state index contributed by atoms with van der Waals surface area (Å²) in [5, 5.41) is 12.1. The minimum Gasteiger partial charge on any atom is -0.480 e. The van der Waals surface area contributed by atoms with Crippen LogP contribution in [0.4, 0.5) is 4.79 Å². The number of carbonyl (C=O) groups is 3. The predicted molar refractivity (Wildman–Crippen MR) is 86.8 cm³/mol. The number of amides is 1. The third kappa shape index (κ3) is 6.45. The summed E-state index contributed by atoms with van der Waals surface area (Å²) in [6.07, 6.45) is -0.145. The number of halogens is 1. The molecule has 0 aliphatic heterocycles. The maximum Gasteiger partial charge on any atom is 0.410 e. The van der Waals surface area contributed by atoms with Crippen LogP contribution in [0.3, 0.4) is 0 Å². The van der Waals surface area contributed by atoms with Gasteiger partial charge in [0.05, 0.1) is 0 Å². The third-order valence-electron chi connectivity index (χ3n) is 3.30. The van der Waals surface area contributed by atoms with Gasteiger partial charge in [0.1, 0.15) is 6.04 Å². The van der Waals surface area contributed by atoms with E-state index in [0.29, 0.717) is 17.0 Å². The van der Waals surface area contributed by atoms with Crippen LogP contribution in [0.25, 0.3) is 0 Å². The summed E-state index contributed by atoms with van der Waals surface area (Å²) in [5.41, 5.74) is 0.696. The molecule has 132 valence electrons. The first-order valence-electron chi connectivity index (χ1n) is 7.42. The van der Waals surface area contributed by atoms with Crippen molar-refractivity contribution in [3.05, 3.63) is 34.9 Å². The molecular formula is C16H20ClNO6. The van der Waals surface area contributed by atoms with Gasteiger partial charge < -0.3 is 19.9 Å². The maximum atomic E-state index is 11.7. The number of esters is 1. The molecule has 0 bridgehead atoms. The van der Waals surface area contributed by atoms with Crippen LogP contribution in [0.1, 0.15) is 38.2 Å². The van der Waals surface area contributed by atoms with Crippen molar-refractivity contribution in [2.75, 3.05) is 6.79 Å². The van der Waals surface area contributed by atoms with E-state index in [0.717, 1.165) is 0 Å². The van der Waals surface area contributed by atoms with Gasteiger partial charge in [-0.1, -0.05) is 37.6 Å². The normalized spacial score (nSPS) is 12.8. The molecule has 2 N–H and O–H groups in total. The molecule has 1 aromatic carbocycles. The van der Waals surface area contributed by atoms with Crippen LogP contribution in [0, 0.1) is 0 Å². The fourth-order valence-electron chi connectivity index (χ4n) is 1.95. The predicted octanol–water partition coefficient (Wildman–Crippen LogP) is 2.92. The highest BCUT2D eigenvalue weighted by Gasteiger charge is 2.28. The van der Waals surface area contributed by atoms with Gasteiger partial charge in [0.15, 0.2) is 0 Å². The van der Waals surface area contributed by atoms with Crippen LogP contribution < -0.4 is 5.32 Å². The van der Waals surface area contributed by atoms with Crippen molar-refractivity contribution in [2.45, 2.75) is 38.6 Å². The third-order valence-corrected chi connectivity index (χ3v) is 3.55. The first-order chi connectivity index (χ1) is 11.3. The Bertz CT molecular complexity index is 574. The van der Waals surface area contributed by atoms with Crippen molar-refractivity contribution in [2.24, 2.45) is 0 Å². The number of aliphatic carboxylic acids is 1. The van der Waals surface area contributed by atoms with Gasteiger partial charge in [-0.05, 0) is 24.1 Å². The highest BCUT2D eigenvalue weighted by atomic mass is 35.5. The quantitative estimate of drug-likeness (QED) is 0.548. The van der Waals surface area contributed by atoms with Crippen molar-refractivity contribution in [1.29, 1.82) is 0 Å². The number of hydrogen-bond acceptors (Lipinski definition) is 5. The largest absolute Gasteiger partial charge is 0.480 e. The number of benzene rings is 1. The van der Waals surface area contributed by atoms with Gasteiger partial charge in [-0.2, -0.15) is 0 Å². The second kappa shape index (κ2) is 9.77. The number of carboxylic acids is 1. The van der Waals surface area contributed by atoms with E-state index in [1.54, 1.807) is 31.2 Å². The lowest BCUT2D eigenvalue weighted by Crippen LogP contribution is -2.44. The molecule has 0 aliphatic carbocycles. The molecule has 0 aromatic heterocycles. The van der Waals surface area contributed by atoms with Crippen LogP contribution in [0.5, 0.6) is 0 Å². The molecule has 0 fully saturated rings. The summed E-state index contributed by atoms with van der Waals surface area (Å²) in [6, 6.07) is 5.44. The molecule has 0 saturated carbocycles. The zero-order chi connectivity index (χ0) is 18.1. The molecule has 7 nitrogen and oxygen atoms in total. The molecule has 0 saturated heterocycles. The molecule has 1 amide bonds. The minimum absolute atomic E-state index is 0.219. The van der Waals surface area contributed by atoms with Gasteiger partial charge in [0.2, 0.25) is 6.79 Å². The van der Waals surface area contributed by atoms with Crippen LogP contribution in [0.15, 0.2) is 24.3 Å². The summed E-state index contributed by atoms with van der Waals surface area (Å²) in [6.45, 7) is 2.90. The van der Waals surface area contributed by atoms with Crippen LogP contribution in [-0.4, -0.2) is 36.0 Å². The van der Waals surface area contributed by atoms with E-state index in [-0.39, 0.29) is 6.42 Å². The number of alkyl carbamates (subject to hydrolysis) is 1. The average Bonchev–Trinajstić information content (AvgIpc) is 2.52. The van der Waals surface area contributed by atoms with Gasteiger partial charge in [-0.3, -0.25) is 4.79 Å². The van der Waals surface area contributed by atoms with Crippen molar-refractivity contribution in [3.63, 3.8) is 0 Å². The second-order valence-electron chi connectivity index (χ2n) is 5.12. The smallest absolute Gasteiger partial charge is 0.410 e. The van der Waals surface area contributed by atoms with Crippen molar-refractivity contribution in [1.82, 2.24) is 5.32 Å². The van der Waals surface area contributed by atoms with Crippen LogP contribution in [-0.2, 0) is 19.1 Å². The van der Waals surface area contributed by atoms with E-state index in [2.05, 4.69) is 14.8 Å². The van der Waals surface area contributed by atoms with Crippen LogP contribution >= 0.6 is 11.6 Å². The van der Waals surface area contributed by atoms with E-state index in [4.69, 9.17) is 11.6 Å². The molecule has 2 atom stereocenters. The summed E-state index contributed by atoms with van der Waals surface area (Å²) < 4.78 is 9.34. The van der Waals surface area contributed by atoms with Gasteiger partial charge >= 0.3 is 18.0 Å². The van der Waals surface area contributed by atoms with Crippen molar-refractivity contribution < 1.29 is 29.0 Å². The molecule has 1 aromatic rings. The molecular weight excluding hydrogens is 338 g/mol. The molecule has 0 spiro atoms. The van der Waals surface area contributed by atoms with Crippen molar-refractivity contribution >= 4 is 29.6 Å². The molecule has 0 radical (unpaired) electrons. The van der Waals surface area contributed by atoms with E-state index < -0.39 is 36.8 Å². The lowest BCUT2D eigenvalue weighted by Gasteiger charge is -2.21. The van der Waals surface area contributed by atoms with E-state index >= 15 is 0 Å². The lowest BCUT2D eigenvalue weighted by molar-refractivity contribution is -0.152. The summed E-state index contributed by atoms with van der Waals surface area (Å²) in [4.78, 5) is 34.2. The number of hydrogen-bond donors (Lipinski definition) is 2. The Morgan fingerprint density at radius 1 is 1.21 bits per heavy atom. The SMILES string of the molecule is CCCC(=O)OCOC(=O)NC(C(=O)O)[C@H](C)c1ccc(Cl)cc1. The Hall–Kier alpha value is -2.28. The average molecular weight is 358 g/mol. The van der Waals surface area contributed by atoms with E-state index in [1.165, 1.54) is 0 Å². The summed E-state index contributed by atoms with van der Waals surface area (Å²) in [5.74, 6) is -2.22. The molecule has 24 heavy (non-hydrogen) atoms. The summed E-state index contributed by atoms with van der Waals surface area (Å²) >= 11 is 5.80. The number of ether oxygens (including phenoxy) is 2. The zero-order valence-corrected chi connectivity index (χ0v) is 14.2. The minimum atomic E-state index is -1.21. The van der Waals surface area contributed by atoms with Crippen LogP contribution in [0.2, 0.25) is 5.02 Å². The zero-order valence-electron chi connectivity index (χ0n) is 13.5. The number of rotatable bonds is 8. The molecule has 1 unspecified atom stereocenters. The van der Waals surface area contributed by atoms with Gasteiger partial charge in [-0.15, -0.1) is 0 Å². The highest BCUT2D eigenvalue weighted by molar-refractivity contribution is 6.30. The lowest BCUT2D eigenvalue weighted by atomic mass is 9.93. The molecule has 0 heterocycles. The Morgan fingerprint density at radius 2 is 1.83 bits per heavy atom. The van der Waals surface area contributed by atoms with E-state index in [1.807, 2.05) is 6.92 Å². The topological polar surface area (TPSA) is 102 Å².